The highest BCUT2D eigenvalue weighted by atomic mass is 16.6. The summed E-state index contributed by atoms with van der Waals surface area (Å²) < 4.78 is 11.2. The summed E-state index contributed by atoms with van der Waals surface area (Å²) in [7, 11) is 0. The first kappa shape index (κ1) is 25.0. The van der Waals surface area contributed by atoms with Crippen LogP contribution in [0, 0.1) is 11.8 Å². The highest BCUT2D eigenvalue weighted by Gasteiger charge is 2.43. The molecule has 0 aliphatic carbocycles. The molecule has 0 spiro atoms. The number of ether oxygens (including phenoxy) is 2. The minimum Gasteiger partial charge on any atom is -0.462 e. The lowest BCUT2D eigenvalue weighted by atomic mass is 9.86. The van der Waals surface area contributed by atoms with E-state index in [4.69, 9.17) is 9.47 Å². The van der Waals surface area contributed by atoms with Crippen LogP contribution in [0.1, 0.15) is 118 Å². The number of unbranched alkanes of at least 4 members (excludes halogenated alkanes) is 7. The van der Waals surface area contributed by atoms with Gasteiger partial charge in [-0.2, -0.15) is 0 Å². The van der Waals surface area contributed by atoms with Gasteiger partial charge in [-0.1, -0.05) is 79.1 Å². The van der Waals surface area contributed by atoms with Crippen molar-refractivity contribution in [3.8, 4) is 0 Å². The SMILES string of the molecule is CCCCCCC[C@@H](C[C@@H]1OC(=O)[C@H]1CCCCCC)OC(=O)CCC(C)C. The molecule has 0 aromatic rings. The third kappa shape index (κ3) is 10.5. The topological polar surface area (TPSA) is 52.6 Å². The van der Waals surface area contributed by atoms with Crippen molar-refractivity contribution < 1.29 is 19.1 Å². The van der Waals surface area contributed by atoms with Crippen molar-refractivity contribution in [2.24, 2.45) is 11.8 Å². The van der Waals surface area contributed by atoms with Crippen LogP contribution < -0.4 is 0 Å². The van der Waals surface area contributed by atoms with Crippen LogP contribution in [-0.4, -0.2) is 24.1 Å². The van der Waals surface area contributed by atoms with E-state index < -0.39 is 0 Å². The first-order valence-electron chi connectivity index (χ1n) is 11.9. The third-order valence-corrected chi connectivity index (χ3v) is 5.74. The van der Waals surface area contributed by atoms with Gasteiger partial charge >= 0.3 is 11.9 Å². The van der Waals surface area contributed by atoms with Crippen molar-refractivity contribution in [3.63, 3.8) is 0 Å². The van der Waals surface area contributed by atoms with E-state index in [-0.39, 0.29) is 30.1 Å². The second kappa shape index (κ2) is 14.9. The molecule has 1 heterocycles. The van der Waals surface area contributed by atoms with E-state index in [0.29, 0.717) is 18.8 Å². The summed E-state index contributed by atoms with van der Waals surface area (Å²) in [5.41, 5.74) is 0. The lowest BCUT2D eigenvalue weighted by Gasteiger charge is -2.37. The van der Waals surface area contributed by atoms with Crippen molar-refractivity contribution in [1.82, 2.24) is 0 Å². The largest absolute Gasteiger partial charge is 0.462 e. The van der Waals surface area contributed by atoms with Crippen molar-refractivity contribution >= 4 is 11.9 Å². The normalized spacial score (nSPS) is 20.0. The van der Waals surface area contributed by atoms with E-state index in [2.05, 4.69) is 27.7 Å². The first-order valence-corrected chi connectivity index (χ1v) is 11.9. The number of carbonyl (C=O) groups excluding carboxylic acids is 2. The van der Waals surface area contributed by atoms with Crippen molar-refractivity contribution in [3.05, 3.63) is 0 Å². The van der Waals surface area contributed by atoms with E-state index in [1.807, 2.05) is 0 Å². The minimum atomic E-state index is -0.113. The van der Waals surface area contributed by atoms with Crippen LogP contribution in [0.4, 0.5) is 0 Å². The minimum absolute atomic E-state index is 0.00816. The van der Waals surface area contributed by atoms with Crippen LogP contribution in [0.2, 0.25) is 0 Å². The molecular weight excluding hydrogens is 352 g/mol. The Kier molecular flexibility index (Phi) is 13.3. The van der Waals surface area contributed by atoms with Gasteiger partial charge in [0.1, 0.15) is 12.2 Å². The Labute approximate surface area is 173 Å². The van der Waals surface area contributed by atoms with Crippen LogP contribution in [0.5, 0.6) is 0 Å². The number of hydrogen-bond acceptors (Lipinski definition) is 4. The summed E-state index contributed by atoms with van der Waals surface area (Å²) >= 11 is 0. The molecule has 0 radical (unpaired) electrons. The predicted octanol–water partition coefficient (Wildman–Crippen LogP) is 6.60. The molecule has 0 aromatic carbocycles. The van der Waals surface area contributed by atoms with Crippen LogP contribution in [0.25, 0.3) is 0 Å². The quantitative estimate of drug-likeness (QED) is 0.205. The second-order valence-electron chi connectivity index (χ2n) is 8.91. The Hall–Kier alpha value is -1.06. The van der Waals surface area contributed by atoms with E-state index >= 15 is 0 Å². The molecule has 1 saturated heterocycles. The fraction of sp³-hybridized carbons (Fsp3) is 0.917. The van der Waals surface area contributed by atoms with Gasteiger partial charge in [-0.25, -0.2) is 0 Å². The van der Waals surface area contributed by atoms with Gasteiger partial charge in [0.15, 0.2) is 0 Å². The molecule has 28 heavy (non-hydrogen) atoms. The third-order valence-electron chi connectivity index (χ3n) is 5.74. The summed E-state index contributed by atoms with van der Waals surface area (Å²) in [6.45, 7) is 8.65. The van der Waals surface area contributed by atoms with E-state index in [0.717, 1.165) is 32.1 Å². The average molecular weight is 397 g/mol. The number of cyclic esters (lactones) is 1. The Bertz CT molecular complexity index is 432. The first-order chi connectivity index (χ1) is 13.5. The Morgan fingerprint density at radius 3 is 2.21 bits per heavy atom. The van der Waals surface area contributed by atoms with Crippen LogP contribution in [-0.2, 0) is 19.1 Å². The van der Waals surface area contributed by atoms with Crippen LogP contribution in [0.3, 0.4) is 0 Å². The molecule has 1 fully saturated rings. The molecule has 0 unspecified atom stereocenters. The van der Waals surface area contributed by atoms with Gasteiger partial charge < -0.3 is 9.47 Å². The summed E-state index contributed by atoms with van der Waals surface area (Å²) in [6, 6.07) is 0. The lowest BCUT2D eigenvalue weighted by Crippen LogP contribution is -2.47. The molecule has 1 aliphatic rings. The van der Waals surface area contributed by atoms with Gasteiger partial charge in [0.2, 0.25) is 0 Å². The molecule has 4 heteroatoms. The highest BCUT2D eigenvalue weighted by Crippen LogP contribution is 2.32. The maximum absolute atomic E-state index is 12.2. The zero-order chi connectivity index (χ0) is 20.8. The average Bonchev–Trinajstić information content (AvgIpc) is 2.65. The summed E-state index contributed by atoms with van der Waals surface area (Å²) in [4.78, 5) is 24.1. The molecule has 1 aliphatic heterocycles. The molecule has 0 N–H and O–H groups in total. The zero-order valence-electron chi connectivity index (χ0n) is 18.8. The highest BCUT2D eigenvalue weighted by molar-refractivity contribution is 5.78. The monoisotopic (exact) mass is 396 g/mol. The molecule has 0 aromatic heterocycles. The Morgan fingerprint density at radius 2 is 1.61 bits per heavy atom. The van der Waals surface area contributed by atoms with Crippen LogP contribution >= 0.6 is 0 Å². The predicted molar refractivity (Wildman–Crippen MR) is 114 cm³/mol. The number of rotatable bonds is 17. The molecular formula is C24H44O4. The molecule has 4 nitrogen and oxygen atoms in total. The van der Waals surface area contributed by atoms with Gasteiger partial charge in [0.25, 0.3) is 0 Å². The molecule has 1 rings (SSSR count). The second-order valence-corrected chi connectivity index (χ2v) is 8.91. The summed E-state index contributed by atoms with van der Waals surface area (Å²) in [6.07, 6.45) is 14.3. The number of esters is 2. The number of carbonyl (C=O) groups is 2. The Balaban J connectivity index is 2.47. The van der Waals surface area contributed by atoms with Crippen molar-refractivity contribution in [1.29, 1.82) is 0 Å². The van der Waals surface area contributed by atoms with E-state index in [9.17, 15) is 9.59 Å². The Morgan fingerprint density at radius 1 is 0.964 bits per heavy atom. The molecule has 0 saturated carbocycles. The van der Waals surface area contributed by atoms with Crippen LogP contribution in [0.15, 0.2) is 0 Å². The molecule has 0 amide bonds. The zero-order valence-corrected chi connectivity index (χ0v) is 18.8. The maximum Gasteiger partial charge on any atom is 0.313 e. The molecule has 0 bridgehead atoms. The maximum atomic E-state index is 12.2. The molecule has 164 valence electrons. The van der Waals surface area contributed by atoms with Gasteiger partial charge in [0.05, 0.1) is 5.92 Å². The van der Waals surface area contributed by atoms with Gasteiger partial charge in [0, 0.05) is 12.8 Å². The van der Waals surface area contributed by atoms with Gasteiger partial charge in [-0.3, -0.25) is 9.59 Å². The fourth-order valence-corrected chi connectivity index (χ4v) is 3.82. The van der Waals surface area contributed by atoms with Crippen molar-refractivity contribution in [2.75, 3.05) is 0 Å². The lowest BCUT2D eigenvalue weighted by molar-refractivity contribution is -0.190. The van der Waals surface area contributed by atoms with Crippen molar-refractivity contribution in [2.45, 2.75) is 130 Å². The number of hydrogen-bond donors (Lipinski definition) is 0. The standard InChI is InChI=1S/C24H44O4/c1-5-7-9-11-12-14-20(27-23(25)17-16-19(3)4)18-22-21(24(26)28-22)15-13-10-8-6-2/h19-22H,5-18H2,1-4H3/t20-,21-,22-/m0/s1. The summed E-state index contributed by atoms with van der Waals surface area (Å²) in [5, 5.41) is 0. The smallest absolute Gasteiger partial charge is 0.313 e. The molecule has 3 atom stereocenters. The van der Waals surface area contributed by atoms with E-state index in [1.165, 1.54) is 44.9 Å². The van der Waals surface area contributed by atoms with Gasteiger partial charge in [-0.15, -0.1) is 0 Å². The van der Waals surface area contributed by atoms with Gasteiger partial charge in [-0.05, 0) is 31.6 Å². The summed E-state index contributed by atoms with van der Waals surface area (Å²) in [5.74, 6) is 0.348. The fourth-order valence-electron chi connectivity index (χ4n) is 3.82. The van der Waals surface area contributed by atoms with E-state index in [1.54, 1.807) is 0 Å².